The molecular formula is C17H22N6O. The maximum absolute atomic E-state index is 12.8. The molecule has 126 valence electrons. The Bertz CT molecular complexity index is 907. The number of rotatable bonds is 4. The quantitative estimate of drug-likeness (QED) is 0.799. The Morgan fingerprint density at radius 3 is 2.67 bits per heavy atom. The van der Waals surface area contributed by atoms with Crippen molar-refractivity contribution in [1.29, 1.82) is 0 Å². The van der Waals surface area contributed by atoms with Crippen molar-refractivity contribution in [3.63, 3.8) is 0 Å². The largest absolute Gasteiger partial charge is 0.307 e. The molecule has 0 unspecified atom stereocenters. The van der Waals surface area contributed by atoms with Gasteiger partial charge in [-0.3, -0.25) is 9.48 Å². The lowest BCUT2D eigenvalue weighted by Crippen LogP contribution is -2.15. The summed E-state index contributed by atoms with van der Waals surface area (Å²) in [5.41, 5.74) is 2.97. The molecule has 7 heteroatoms. The number of aromatic nitrogens is 5. The molecule has 0 aliphatic carbocycles. The molecule has 3 aromatic heterocycles. The van der Waals surface area contributed by atoms with E-state index in [0.717, 1.165) is 28.8 Å². The van der Waals surface area contributed by atoms with Crippen LogP contribution in [0.5, 0.6) is 0 Å². The molecule has 1 atom stereocenters. The first-order valence-electron chi connectivity index (χ1n) is 8.07. The topological polar surface area (TPSA) is 77.6 Å². The van der Waals surface area contributed by atoms with Crippen LogP contribution in [0.3, 0.4) is 0 Å². The van der Waals surface area contributed by atoms with Gasteiger partial charge in [-0.2, -0.15) is 10.2 Å². The molecule has 1 N–H and O–H groups in total. The molecule has 0 bridgehead atoms. The summed E-state index contributed by atoms with van der Waals surface area (Å²) < 4.78 is 3.54. The number of carbonyl (C=O) groups excluding carboxylic acids is 1. The summed E-state index contributed by atoms with van der Waals surface area (Å²) in [7, 11) is 1.80. The first-order chi connectivity index (χ1) is 11.4. The molecule has 0 aliphatic rings. The highest BCUT2D eigenvalue weighted by Crippen LogP contribution is 2.23. The monoisotopic (exact) mass is 326 g/mol. The number of aryl methyl sites for hydroxylation is 3. The van der Waals surface area contributed by atoms with Gasteiger partial charge in [0.2, 0.25) is 0 Å². The summed E-state index contributed by atoms with van der Waals surface area (Å²) in [5, 5.41) is 12.4. The molecule has 1 amide bonds. The molecule has 0 aliphatic heterocycles. The fourth-order valence-electron chi connectivity index (χ4n) is 2.74. The van der Waals surface area contributed by atoms with E-state index in [4.69, 9.17) is 0 Å². The van der Waals surface area contributed by atoms with Gasteiger partial charge < -0.3 is 5.32 Å². The molecule has 3 aromatic rings. The Labute approximate surface area is 140 Å². The fourth-order valence-corrected chi connectivity index (χ4v) is 2.74. The summed E-state index contributed by atoms with van der Waals surface area (Å²) in [5.74, 6) is 0.478. The third kappa shape index (κ3) is 2.77. The Morgan fingerprint density at radius 1 is 1.29 bits per heavy atom. The Balaban J connectivity index is 2.04. The van der Waals surface area contributed by atoms with Crippen molar-refractivity contribution in [2.45, 2.75) is 40.2 Å². The summed E-state index contributed by atoms with van der Waals surface area (Å²) in [6.07, 6.45) is 2.67. The lowest BCUT2D eigenvalue weighted by molar-refractivity contribution is 0.102. The summed E-state index contributed by atoms with van der Waals surface area (Å²) in [4.78, 5) is 17.4. The average Bonchev–Trinajstić information content (AvgIpc) is 3.08. The van der Waals surface area contributed by atoms with E-state index in [9.17, 15) is 4.79 Å². The molecule has 0 spiro atoms. The van der Waals surface area contributed by atoms with Gasteiger partial charge in [0.15, 0.2) is 5.65 Å². The molecule has 3 rings (SSSR count). The van der Waals surface area contributed by atoms with E-state index in [-0.39, 0.29) is 11.9 Å². The van der Waals surface area contributed by atoms with Crippen LogP contribution in [0.15, 0.2) is 18.3 Å². The number of anilines is 1. The SMILES string of the molecule is CC[C@H](C)n1ncc2c(C(=O)Nc3cc(C)nn3C)cc(C)nc21. The van der Waals surface area contributed by atoms with Gasteiger partial charge in [-0.15, -0.1) is 0 Å². The van der Waals surface area contributed by atoms with Crippen molar-refractivity contribution in [2.24, 2.45) is 7.05 Å². The second-order valence-electron chi connectivity index (χ2n) is 6.14. The lowest BCUT2D eigenvalue weighted by atomic mass is 10.1. The second-order valence-corrected chi connectivity index (χ2v) is 6.14. The van der Waals surface area contributed by atoms with Crippen LogP contribution in [0.25, 0.3) is 11.0 Å². The molecule has 0 saturated heterocycles. The van der Waals surface area contributed by atoms with Crippen molar-refractivity contribution in [3.05, 3.63) is 35.3 Å². The minimum absolute atomic E-state index is 0.183. The highest BCUT2D eigenvalue weighted by atomic mass is 16.1. The molecule has 0 radical (unpaired) electrons. The van der Waals surface area contributed by atoms with Crippen LogP contribution in [0, 0.1) is 13.8 Å². The third-order valence-electron chi connectivity index (χ3n) is 4.19. The van der Waals surface area contributed by atoms with Crippen molar-refractivity contribution in [1.82, 2.24) is 24.5 Å². The van der Waals surface area contributed by atoms with Crippen molar-refractivity contribution in [2.75, 3.05) is 5.32 Å². The van der Waals surface area contributed by atoms with Crippen LogP contribution >= 0.6 is 0 Å². The zero-order valence-electron chi connectivity index (χ0n) is 14.7. The van der Waals surface area contributed by atoms with Crippen molar-refractivity contribution < 1.29 is 4.79 Å². The predicted octanol–water partition coefficient (Wildman–Crippen LogP) is 3.00. The molecule has 24 heavy (non-hydrogen) atoms. The number of pyridine rings is 1. The van der Waals surface area contributed by atoms with E-state index in [1.807, 2.05) is 24.6 Å². The maximum atomic E-state index is 12.8. The minimum atomic E-state index is -0.183. The van der Waals surface area contributed by atoms with Gasteiger partial charge in [-0.1, -0.05) is 6.92 Å². The molecule has 0 fully saturated rings. The van der Waals surface area contributed by atoms with Crippen LogP contribution in [0.1, 0.15) is 48.1 Å². The zero-order chi connectivity index (χ0) is 17.4. The highest BCUT2D eigenvalue weighted by molar-refractivity contribution is 6.11. The number of carbonyl (C=O) groups is 1. The Kier molecular flexibility index (Phi) is 4.09. The van der Waals surface area contributed by atoms with Gasteiger partial charge in [0, 0.05) is 18.8 Å². The molecule has 0 aromatic carbocycles. The van der Waals surface area contributed by atoms with Crippen molar-refractivity contribution >= 4 is 22.8 Å². The number of fused-ring (bicyclic) bond motifs is 1. The van der Waals surface area contributed by atoms with Gasteiger partial charge >= 0.3 is 0 Å². The van der Waals surface area contributed by atoms with Gasteiger partial charge in [0.1, 0.15) is 5.82 Å². The number of hydrogen-bond donors (Lipinski definition) is 1. The Morgan fingerprint density at radius 2 is 2.04 bits per heavy atom. The van der Waals surface area contributed by atoms with Gasteiger partial charge in [0.25, 0.3) is 5.91 Å². The highest BCUT2D eigenvalue weighted by Gasteiger charge is 2.18. The molecular weight excluding hydrogens is 304 g/mol. The minimum Gasteiger partial charge on any atom is -0.307 e. The zero-order valence-corrected chi connectivity index (χ0v) is 14.7. The predicted molar refractivity (Wildman–Crippen MR) is 93.2 cm³/mol. The smallest absolute Gasteiger partial charge is 0.257 e. The number of nitrogens with zero attached hydrogens (tertiary/aromatic N) is 5. The summed E-state index contributed by atoms with van der Waals surface area (Å²) in [6, 6.07) is 3.86. The second kappa shape index (κ2) is 6.07. The van der Waals surface area contributed by atoms with Gasteiger partial charge in [-0.25, -0.2) is 9.67 Å². The summed E-state index contributed by atoms with van der Waals surface area (Å²) in [6.45, 7) is 7.97. The van der Waals surface area contributed by atoms with Crippen LogP contribution < -0.4 is 5.32 Å². The van der Waals surface area contributed by atoms with Crippen LogP contribution in [-0.4, -0.2) is 30.5 Å². The Hall–Kier alpha value is -2.70. The standard InChI is InChI=1S/C17H22N6O/c1-6-12(4)23-16-14(9-18-23)13(7-10(2)19-16)17(24)20-15-8-11(3)21-22(15)5/h7-9,12H,6H2,1-5H3,(H,20,24)/t12-/m0/s1. The molecule has 3 heterocycles. The first kappa shape index (κ1) is 16.2. The van der Waals surface area contributed by atoms with Crippen LogP contribution in [0.2, 0.25) is 0 Å². The maximum Gasteiger partial charge on any atom is 0.257 e. The van der Waals surface area contributed by atoms with E-state index >= 15 is 0 Å². The van der Waals surface area contributed by atoms with Crippen LogP contribution in [0.4, 0.5) is 5.82 Å². The van der Waals surface area contributed by atoms with Crippen LogP contribution in [-0.2, 0) is 7.05 Å². The van der Waals surface area contributed by atoms with E-state index < -0.39 is 0 Å². The van der Waals surface area contributed by atoms with E-state index in [0.29, 0.717) is 11.4 Å². The van der Waals surface area contributed by atoms with E-state index in [1.165, 1.54) is 0 Å². The number of hydrogen-bond acceptors (Lipinski definition) is 4. The van der Waals surface area contributed by atoms with E-state index in [1.54, 1.807) is 24.0 Å². The molecule has 0 saturated carbocycles. The van der Waals surface area contributed by atoms with Gasteiger partial charge in [-0.05, 0) is 33.3 Å². The average molecular weight is 326 g/mol. The first-order valence-corrected chi connectivity index (χ1v) is 8.07. The fraction of sp³-hybridized carbons (Fsp3) is 0.412. The normalized spacial score (nSPS) is 12.5. The van der Waals surface area contributed by atoms with Crippen molar-refractivity contribution in [3.8, 4) is 0 Å². The third-order valence-corrected chi connectivity index (χ3v) is 4.19. The van der Waals surface area contributed by atoms with Gasteiger partial charge in [0.05, 0.1) is 28.9 Å². The lowest BCUT2D eigenvalue weighted by Gasteiger charge is -2.11. The molecule has 7 nitrogen and oxygen atoms in total. The number of amides is 1. The van der Waals surface area contributed by atoms with E-state index in [2.05, 4.69) is 34.3 Å². The number of nitrogens with one attached hydrogen (secondary N) is 1. The summed E-state index contributed by atoms with van der Waals surface area (Å²) >= 11 is 0.